The van der Waals surface area contributed by atoms with Gasteiger partial charge in [-0.3, -0.25) is 4.79 Å². The van der Waals surface area contributed by atoms with Crippen molar-refractivity contribution in [3.05, 3.63) is 77.1 Å². The summed E-state index contributed by atoms with van der Waals surface area (Å²) in [6, 6.07) is 19.1. The molecule has 98 valence electrons. The van der Waals surface area contributed by atoms with Gasteiger partial charge in [-0.25, -0.2) is 4.98 Å². The minimum atomic E-state index is -0.0186. The Labute approximate surface area is 122 Å². The summed E-state index contributed by atoms with van der Waals surface area (Å²) in [6.45, 7) is 0. The molecular weight excluding hydrogens is 270 g/mol. The monoisotopic (exact) mass is 281 g/mol. The van der Waals surface area contributed by atoms with E-state index in [2.05, 4.69) is 4.98 Å². The van der Waals surface area contributed by atoms with Gasteiger partial charge in [-0.15, -0.1) is 0 Å². The molecule has 3 rings (SSSR count). The van der Waals surface area contributed by atoms with Gasteiger partial charge >= 0.3 is 0 Å². The Kier molecular flexibility index (Phi) is 3.48. The number of carbonyl (C=O) groups is 1. The molecular formula is C17H12ClNO. The highest BCUT2D eigenvalue weighted by Gasteiger charge is 2.13. The quantitative estimate of drug-likeness (QED) is 0.529. The number of hydrogen-bond acceptors (Lipinski definition) is 2. The van der Waals surface area contributed by atoms with Crippen LogP contribution in [0.25, 0.3) is 10.8 Å². The van der Waals surface area contributed by atoms with Gasteiger partial charge in [0.15, 0.2) is 5.78 Å². The molecule has 0 aliphatic carbocycles. The third kappa shape index (κ3) is 2.56. The van der Waals surface area contributed by atoms with Gasteiger partial charge in [0, 0.05) is 11.8 Å². The van der Waals surface area contributed by atoms with Crippen LogP contribution in [0.4, 0.5) is 0 Å². The molecule has 0 N–H and O–H groups in total. The van der Waals surface area contributed by atoms with Gasteiger partial charge in [-0.1, -0.05) is 66.2 Å². The molecule has 3 heteroatoms. The SMILES string of the molecule is O=C(Cc1ccccc1)c1nc(Cl)cc2ccccc12. The number of halogens is 1. The van der Waals surface area contributed by atoms with Gasteiger partial charge in [-0.2, -0.15) is 0 Å². The molecule has 0 aliphatic rings. The zero-order valence-electron chi connectivity index (χ0n) is 10.7. The highest BCUT2D eigenvalue weighted by atomic mass is 35.5. The highest BCUT2D eigenvalue weighted by molar-refractivity contribution is 6.30. The van der Waals surface area contributed by atoms with Gasteiger partial charge in [0.2, 0.25) is 0 Å². The van der Waals surface area contributed by atoms with E-state index in [4.69, 9.17) is 11.6 Å². The predicted molar refractivity (Wildman–Crippen MR) is 81.2 cm³/mol. The molecule has 0 aliphatic heterocycles. The molecule has 0 saturated heterocycles. The van der Waals surface area contributed by atoms with Crippen molar-refractivity contribution >= 4 is 28.2 Å². The van der Waals surface area contributed by atoms with E-state index in [0.29, 0.717) is 17.3 Å². The summed E-state index contributed by atoms with van der Waals surface area (Å²) in [5.41, 5.74) is 1.42. The van der Waals surface area contributed by atoms with Crippen LogP contribution in [0.5, 0.6) is 0 Å². The van der Waals surface area contributed by atoms with Crippen LogP contribution in [0.3, 0.4) is 0 Å². The Hall–Kier alpha value is -2.19. The number of pyridine rings is 1. The lowest BCUT2D eigenvalue weighted by molar-refractivity contribution is 0.0990. The molecule has 1 heterocycles. The Bertz CT molecular complexity index is 768. The fourth-order valence-electron chi connectivity index (χ4n) is 2.24. The van der Waals surface area contributed by atoms with E-state index in [1.54, 1.807) is 6.07 Å². The fourth-order valence-corrected chi connectivity index (χ4v) is 2.45. The second-order valence-electron chi connectivity index (χ2n) is 4.60. The van der Waals surface area contributed by atoms with E-state index in [1.807, 2.05) is 54.6 Å². The van der Waals surface area contributed by atoms with Gasteiger partial charge in [-0.05, 0) is 17.0 Å². The molecule has 1 aromatic heterocycles. The lowest BCUT2D eigenvalue weighted by Crippen LogP contribution is -2.07. The van der Waals surface area contributed by atoms with Crippen molar-refractivity contribution in [3.63, 3.8) is 0 Å². The van der Waals surface area contributed by atoms with Crippen molar-refractivity contribution < 1.29 is 4.79 Å². The van der Waals surface area contributed by atoms with Gasteiger partial charge in [0.05, 0.1) is 0 Å². The van der Waals surface area contributed by atoms with E-state index in [1.165, 1.54) is 0 Å². The van der Waals surface area contributed by atoms with E-state index < -0.39 is 0 Å². The Morgan fingerprint density at radius 3 is 2.50 bits per heavy atom. The number of ketones is 1. The van der Waals surface area contributed by atoms with Gasteiger partial charge in [0.25, 0.3) is 0 Å². The molecule has 2 nitrogen and oxygen atoms in total. The third-order valence-electron chi connectivity index (χ3n) is 3.18. The number of nitrogens with zero attached hydrogens (tertiary/aromatic N) is 1. The first-order valence-corrected chi connectivity index (χ1v) is 6.74. The summed E-state index contributed by atoms with van der Waals surface area (Å²) in [7, 11) is 0. The van der Waals surface area contributed by atoms with Crippen LogP contribution in [0, 0.1) is 0 Å². The lowest BCUT2D eigenvalue weighted by Gasteiger charge is -2.06. The molecule has 0 spiro atoms. The van der Waals surface area contributed by atoms with E-state index in [-0.39, 0.29) is 5.78 Å². The molecule has 2 aromatic carbocycles. The Balaban J connectivity index is 2.03. The second-order valence-corrected chi connectivity index (χ2v) is 4.99. The summed E-state index contributed by atoms with van der Waals surface area (Å²) in [5.74, 6) is -0.0186. The summed E-state index contributed by atoms with van der Waals surface area (Å²) < 4.78 is 0. The molecule has 0 amide bonds. The first-order chi connectivity index (χ1) is 9.74. The summed E-state index contributed by atoms with van der Waals surface area (Å²) >= 11 is 6.01. The Morgan fingerprint density at radius 2 is 1.70 bits per heavy atom. The minimum absolute atomic E-state index is 0.0186. The van der Waals surface area contributed by atoms with Crippen molar-refractivity contribution in [1.82, 2.24) is 4.98 Å². The molecule has 3 aromatic rings. The van der Waals surface area contributed by atoms with E-state index in [9.17, 15) is 4.79 Å². The molecule has 0 unspecified atom stereocenters. The molecule has 20 heavy (non-hydrogen) atoms. The number of rotatable bonds is 3. The van der Waals surface area contributed by atoms with Crippen LogP contribution >= 0.6 is 11.6 Å². The maximum atomic E-state index is 12.5. The van der Waals surface area contributed by atoms with E-state index in [0.717, 1.165) is 16.3 Å². The van der Waals surface area contributed by atoms with Crippen molar-refractivity contribution in [1.29, 1.82) is 0 Å². The molecule has 0 atom stereocenters. The van der Waals surface area contributed by atoms with Crippen LogP contribution in [0.2, 0.25) is 5.15 Å². The van der Waals surface area contributed by atoms with Gasteiger partial charge in [0.1, 0.15) is 10.8 Å². The standard InChI is InChI=1S/C17H12ClNO/c18-16-11-13-8-4-5-9-14(13)17(19-16)15(20)10-12-6-2-1-3-7-12/h1-9,11H,10H2. The number of aromatic nitrogens is 1. The Morgan fingerprint density at radius 1 is 1.00 bits per heavy atom. The number of hydrogen-bond donors (Lipinski definition) is 0. The highest BCUT2D eigenvalue weighted by Crippen LogP contribution is 2.22. The summed E-state index contributed by atoms with van der Waals surface area (Å²) in [5, 5.41) is 2.13. The third-order valence-corrected chi connectivity index (χ3v) is 3.37. The normalized spacial score (nSPS) is 10.7. The maximum absolute atomic E-state index is 12.5. The molecule has 0 saturated carbocycles. The first kappa shape index (κ1) is 12.8. The minimum Gasteiger partial charge on any atom is -0.292 e. The fraction of sp³-hybridized carbons (Fsp3) is 0.0588. The predicted octanol–water partition coefficient (Wildman–Crippen LogP) is 4.31. The zero-order chi connectivity index (χ0) is 13.9. The average Bonchev–Trinajstić information content (AvgIpc) is 2.47. The van der Waals surface area contributed by atoms with Crippen LogP contribution in [0.1, 0.15) is 16.1 Å². The molecule has 0 bridgehead atoms. The molecule has 0 fully saturated rings. The second kappa shape index (κ2) is 5.43. The largest absolute Gasteiger partial charge is 0.292 e. The van der Waals surface area contributed by atoms with Crippen LogP contribution in [-0.2, 0) is 6.42 Å². The smallest absolute Gasteiger partial charge is 0.186 e. The summed E-state index contributed by atoms with van der Waals surface area (Å²) in [4.78, 5) is 16.7. The van der Waals surface area contributed by atoms with Crippen molar-refractivity contribution in [2.45, 2.75) is 6.42 Å². The summed E-state index contributed by atoms with van der Waals surface area (Å²) in [6.07, 6.45) is 0.332. The van der Waals surface area contributed by atoms with Gasteiger partial charge < -0.3 is 0 Å². The van der Waals surface area contributed by atoms with Crippen LogP contribution in [-0.4, -0.2) is 10.8 Å². The maximum Gasteiger partial charge on any atom is 0.186 e. The lowest BCUT2D eigenvalue weighted by atomic mass is 10.0. The van der Waals surface area contributed by atoms with Crippen LogP contribution < -0.4 is 0 Å². The van der Waals surface area contributed by atoms with E-state index >= 15 is 0 Å². The van der Waals surface area contributed by atoms with Crippen molar-refractivity contribution in [3.8, 4) is 0 Å². The topological polar surface area (TPSA) is 30.0 Å². The van der Waals surface area contributed by atoms with Crippen LogP contribution in [0.15, 0.2) is 60.7 Å². The average molecular weight is 282 g/mol. The molecule has 0 radical (unpaired) electrons. The number of fused-ring (bicyclic) bond motifs is 1. The number of benzene rings is 2. The van der Waals surface area contributed by atoms with Crippen molar-refractivity contribution in [2.75, 3.05) is 0 Å². The van der Waals surface area contributed by atoms with Crippen molar-refractivity contribution in [2.24, 2.45) is 0 Å². The number of carbonyl (C=O) groups excluding carboxylic acids is 1. The first-order valence-electron chi connectivity index (χ1n) is 6.36. The zero-order valence-corrected chi connectivity index (χ0v) is 11.5. The number of Topliss-reactive ketones (excluding diaryl/α,β-unsaturated/α-hetero) is 1.